The van der Waals surface area contributed by atoms with Gasteiger partial charge in [-0.05, 0) is 66.8 Å². The van der Waals surface area contributed by atoms with Gasteiger partial charge in [-0.2, -0.15) is 0 Å². The van der Waals surface area contributed by atoms with Crippen LogP contribution in [0, 0.1) is 17.0 Å². The first kappa shape index (κ1) is 34.2. The number of benzene rings is 2. The molecule has 0 heterocycles. The number of Topliss-reactive ketones (excluding diaryl/α,β-unsaturated/α-hetero) is 2. The molecule has 0 aliphatic rings. The molecule has 3 atom stereocenters. The number of hydrogen-bond donors (Lipinski definition) is 2. The van der Waals surface area contributed by atoms with E-state index in [9.17, 15) is 23.2 Å². The van der Waals surface area contributed by atoms with Gasteiger partial charge in [0, 0.05) is 31.7 Å². The molecule has 226 valence electrons. The Morgan fingerprint density at radius 3 is 2.27 bits per heavy atom. The lowest BCUT2D eigenvalue weighted by Gasteiger charge is -2.27. The van der Waals surface area contributed by atoms with Gasteiger partial charge >= 0.3 is 5.97 Å². The van der Waals surface area contributed by atoms with Crippen LogP contribution in [0.4, 0.5) is 8.78 Å². The summed E-state index contributed by atoms with van der Waals surface area (Å²) in [5, 5.41) is 0. The summed E-state index contributed by atoms with van der Waals surface area (Å²) in [6.45, 7) is 6.00. The number of hydrogen-bond acceptors (Lipinski definition) is 6. The van der Waals surface area contributed by atoms with Crippen molar-refractivity contribution in [2.24, 2.45) is 16.9 Å². The quantitative estimate of drug-likeness (QED) is 0.157. The van der Waals surface area contributed by atoms with Gasteiger partial charge in [-0.25, -0.2) is 8.78 Å². The second-order valence-electron chi connectivity index (χ2n) is 11.8. The Morgan fingerprint density at radius 2 is 1.59 bits per heavy atom. The minimum absolute atomic E-state index is 0.0510. The number of rotatable bonds is 19. The Labute approximate surface area is 243 Å². The molecule has 4 N–H and O–H groups in total. The summed E-state index contributed by atoms with van der Waals surface area (Å²) in [6, 6.07) is 11.4. The Balaban J connectivity index is 1.90. The summed E-state index contributed by atoms with van der Waals surface area (Å²) in [5.41, 5.74) is 13.2. The van der Waals surface area contributed by atoms with Crippen LogP contribution in [0.3, 0.4) is 0 Å². The Kier molecular flexibility index (Phi) is 14.3. The number of nitrogens with two attached hydrogens (primary N) is 2. The van der Waals surface area contributed by atoms with E-state index < -0.39 is 35.8 Å². The Morgan fingerprint density at radius 1 is 0.902 bits per heavy atom. The molecule has 0 aromatic heterocycles. The molecule has 0 aliphatic carbocycles. The molecule has 41 heavy (non-hydrogen) atoms. The number of halogens is 2. The van der Waals surface area contributed by atoms with E-state index in [0.717, 1.165) is 36.6 Å². The number of carbonyl (C=O) groups is 3. The van der Waals surface area contributed by atoms with Crippen LogP contribution < -0.4 is 11.5 Å². The third-order valence-electron chi connectivity index (χ3n) is 7.37. The average molecular weight is 573 g/mol. The smallest absolute Gasteiger partial charge is 0.306 e. The average Bonchev–Trinajstić information content (AvgIpc) is 2.92. The molecule has 0 fully saturated rings. The number of ether oxygens (including phenoxy) is 1. The molecule has 0 amide bonds. The molecule has 8 heteroatoms. The fourth-order valence-electron chi connectivity index (χ4n) is 4.76. The van der Waals surface area contributed by atoms with Gasteiger partial charge in [-0.1, -0.05) is 63.9 Å². The van der Waals surface area contributed by atoms with Gasteiger partial charge in [0.25, 0.3) is 0 Å². The summed E-state index contributed by atoms with van der Waals surface area (Å²) in [5.74, 6) is -1.81. The largest absolute Gasteiger partial charge is 0.453 e. The van der Waals surface area contributed by atoms with Crippen LogP contribution in [0.15, 0.2) is 48.5 Å². The molecule has 0 saturated carbocycles. The van der Waals surface area contributed by atoms with Crippen molar-refractivity contribution in [1.82, 2.24) is 0 Å². The van der Waals surface area contributed by atoms with Crippen molar-refractivity contribution in [2.45, 2.75) is 110 Å². The first-order valence-electron chi connectivity index (χ1n) is 14.6. The van der Waals surface area contributed by atoms with Crippen LogP contribution in [-0.2, 0) is 32.0 Å². The molecular weight excluding hydrogens is 526 g/mol. The third kappa shape index (κ3) is 13.0. The molecule has 0 spiro atoms. The van der Waals surface area contributed by atoms with Crippen molar-refractivity contribution >= 4 is 17.5 Å². The van der Waals surface area contributed by atoms with E-state index in [-0.39, 0.29) is 54.6 Å². The second kappa shape index (κ2) is 17.1. The van der Waals surface area contributed by atoms with Gasteiger partial charge in [0.1, 0.15) is 17.4 Å². The van der Waals surface area contributed by atoms with Crippen molar-refractivity contribution in [3.05, 3.63) is 71.3 Å². The molecule has 0 aliphatic heterocycles. The maximum atomic E-state index is 13.9. The number of ketones is 2. The van der Waals surface area contributed by atoms with Crippen LogP contribution in [0.1, 0.15) is 89.7 Å². The predicted molar refractivity (Wildman–Crippen MR) is 157 cm³/mol. The van der Waals surface area contributed by atoms with Gasteiger partial charge in [0.2, 0.25) is 0 Å². The Bertz CT molecular complexity index is 1120. The SMILES string of the molecule is CCCCCC(=O)OC(C(=O)CCC(C)(C)CCC(=O)CC(N)Cc1cc(F)ccc1F)C(N)Cc1ccccc1. The normalized spacial score (nSPS) is 13.8. The number of unbranched alkanes of at least 4 members (excludes halogenated alkanes) is 2. The van der Waals surface area contributed by atoms with Crippen LogP contribution >= 0.6 is 0 Å². The highest BCUT2D eigenvalue weighted by molar-refractivity contribution is 5.86. The first-order chi connectivity index (χ1) is 19.4. The van der Waals surface area contributed by atoms with Gasteiger partial charge in [0.05, 0.1) is 6.04 Å². The van der Waals surface area contributed by atoms with Crippen LogP contribution in [0.5, 0.6) is 0 Å². The lowest BCUT2D eigenvalue weighted by molar-refractivity contribution is -0.156. The molecule has 2 rings (SSSR count). The molecule has 2 aromatic carbocycles. The summed E-state index contributed by atoms with van der Waals surface area (Å²) < 4.78 is 33.0. The van der Waals surface area contributed by atoms with Gasteiger partial charge in [-0.3, -0.25) is 14.4 Å². The van der Waals surface area contributed by atoms with Gasteiger partial charge in [-0.15, -0.1) is 0 Å². The molecule has 2 aromatic rings. The highest BCUT2D eigenvalue weighted by atomic mass is 19.1. The molecular formula is C33H46F2N2O4. The number of carbonyl (C=O) groups excluding carboxylic acids is 3. The first-order valence-corrected chi connectivity index (χ1v) is 14.6. The van der Waals surface area contributed by atoms with Crippen LogP contribution in [0.25, 0.3) is 0 Å². The fraction of sp³-hybridized carbons (Fsp3) is 0.545. The zero-order valence-corrected chi connectivity index (χ0v) is 24.7. The van der Waals surface area contributed by atoms with E-state index >= 15 is 0 Å². The van der Waals surface area contributed by atoms with Crippen molar-refractivity contribution in [1.29, 1.82) is 0 Å². The van der Waals surface area contributed by atoms with Crippen LogP contribution in [-0.4, -0.2) is 35.7 Å². The summed E-state index contributed by atoms with van der Waals surface area (Å²) in [7, 11) is 0. The second-order valence-corrected chi connectivity index (χ2v) is 11.8. The van der Waals surface area contributed by atoms with Crippen molar-refractivity contribution in [2.75, 3.05) is 0 Å². The van der Waals surface area contributed by atoms with Crippen molar-refractivity contribution < 1.29 is 27.9 Å². The van der Waals surface area contributed by atoms with Crippen molar-refractivity contribution in [3.8, 4) is 0 Å². The highest BCUT2D eigenvalue weighted by Gasteiger charge is 2.31. The zero-order chi connectivity index (χ0) is 30.4. The Hall–Kier alpha value is -2.97. The van der Waals surface area contributed by atoms with E-state index in [2.05, 4.69) is 0 Å². The molecule has 0 saturated heterocycles. The summed E-state index contributed by atoms with van der Waals surface area (Å²) in [4.78, 5) is 38.4. The van der Waals surface area contributed by atoms with Crippen LogP contribution in [0.2, 0.25) is 0 Å². The lowest BCUT2D eigenvalue weighted by Crippen LogP contribution is -2.45. The van der Waals surface area contributed by atoms with Crippen molar-refractivity contribution in [3.63, 3.8) is 0 Å². The van der Waals surface area contributed by atoms with E-state index in [1.54, 1.807) is 0 Å². The topological polar surface area (TPSA) is 112 Å². The van der Waals surface area contributed by atoms with E-state index in [1.165, 1.54) is 0 Å². The maximum absolute atomic E-state index is 13.9. The minimum atomic E-state index is -1.04. The van der Waals surface area contributed by atoms with E-state index in [1.807, 2.05) is 51.1 Å². The molecule has 0 radical (unpaired) electrons. The lowest BCUT2D eigenvalue weighted by atomic mass is 9.80. The van der Waals surface area contributed by atoms with Gasteiger partial charge < -0.3 is 16.2 Å². The third-order valence-corrected chi connectivity index (χ3v) is 7.37. The predicted octanol–water partition coefficient (Wildman–Crippen LogP) is 6.01. The van der Waals surface area contributed by atoms with E-state index in [4.69, 9.17) is 16.2 Å². The van der Waals surface area contributed by atoms with Gasteiger partial charge in [0.15, 0.2) is 11.9 Å². The highest BCUT2D eigenvalue weighted by Crippen LogP contribution is 2.30. The maximum Gasteiger partial charge on any atom is 0.306 e. The summed E-state index contributed by atoms with van der Waals surface area (Å²) >= 11 is 0. The van der Waals surface area contributed by atoms with E-state index in [0.29, 0.717) is 25.7 Å². The monoisotopic (exact) mass is 572 g/mol. The fourth-order valence-corrected chi connectivity index (χ4v) is 4.76. The zero-order valence-electron chi connectivity index (χ0n) is 24.7. The summed E-state index contributed by atoms with van der Waals surface area (Å²) in [6.07, 6.45) is 3.73. The minimum Gasteiger partial charge on any atom is -0.453 e. The molecule has 6 nitrogen and oxygen atoms in total. The number of esters is 1. The molecule has 0 bridgehead atoms. The molecule has 3 unspecified atom stereocenters. The standard InChI is InChI=1S/C33H46F2N2O4/c1-4-5-7-12-31(40)41-32(29(37)19-23-10-8-6-9-11-23)30(39)16-18-33(2,3)17-15-27(38)22-26(36)21-24-20-25(34)13-14-28(24)35/h6,8-11,13-14,20,26,29,32H,4-5,7,12,15-19,21-22,36-37H2,1-3H3.